The molecule has 12 heteroatoms. The van der Waals surface area contributed by atoms with Crippen LogP contribution in [-0.4, -0.2) is 73.6 Å². The number of rotatable bonds is 23. The van der Waals surface area contributed by atoms with Crippen molar-refractivity contribution in [1.82, 2.24) is 4.90 Å². The zero-order chi connectivity index (χ0) is 33.3. The van der Waals surface area contributed by atoms with Crippen LogP contribution in [0.5, 0.6) is 0 Å². The minimum atomic E-state index is -5.55. The molecule has 0 radical (unpaired) electrons. The molecule has 0 saturated carbocycles. The largest absolute Gasteiger partial charge is 0.789 e. The Morgan fingerprint density at radius 2 is 0.738 bits per heavy atom. The Morgan fingerprint density at radius 1 is 0.524 bits per heavy atom. The molecule has 0 aromatic rings. The highest BCUT2D eigenvalue weighted by molar-refractivity contribution is 7.58. The van der Waals surface area contributed by atoms with Gasteiger partial charge in [0.1, 0.15) is 0 Å². The van der Waals surface area contributed by atoms with Crippen LogP contribution in [0.25, 0.3) is 0 Å². The molecule has 0 bridgehead atoms. The smallest absolute Gasteiger partial charge is 0.473 e. The highest BCUT2D eigenvalue weighted by Gasteiger charge is 2.15. The molecule has 0 rings (SSSR count). The van der Waals surface area contributed by atoms with Crippen molar-refractivity contribution in [2.75, 3.05) is 58.9 Å². The fraction of sp³-hybridized carbons (Fsp3) is 1.00. The Labute approximate surface area is 261 Å². The van der Waals surface area contributed by atoms with Crippen molar-refractivity contribution in [3.63, 3.8) is 0 Å². The van der Waals surface area contributed by atoms with E-state index in [0.717, 1.165) is 0 Å². The van der Waals surface area contributed by atoms with Gasteiger partial charge < -0.3 is 38.8 Å². The number of nitrogens with zero attached hydrogens (tertiary/aromatic N) is 1. The van der Waals surface area contributed by atoms with E-state index in [1.165, 1.54) is 136 Å². The first-order chi connectivity index (χ1) is 19.7. The second-order valence-electron chi connectivity index (χ2n) is 10.8. The molecule has 42 heavy (non-hydrogen) atoms. The second-order valence-corrected chi connectivity index (χ2v) is 13.3. The van der Waals surface area contributed by atoms with Crippen molar-refractivity contribution in [2.24, 2.45) is 0 Å². The van der Waals surface area contributed by atoms with E-state index in [4.69, 9.17) is 9.79 Å². The van der Waals surface area contributed by atoms with Crippen molar-refractivity contribution < 1.29 is 42.8 Å². The minimum Gasteiger partial charge on any atom is -0.789 e. The number of unbranched alkanes of at least 4 members (excludes halogenated alkanes) is 6. The Morgan fingerprint density at radius 3 is 0.810 bits per heavy atom. The van der Waals surface area contributed by atoms with Gasteiger partial charge in [-0.1, -0.05) is 101 Å². The predicted molar refractivity (Wildman–Crippen MR) is 175 cm³/mol. The van der Waals surface area contributed by atoms with Gasteiger partial charge in [0, 0.05) is 0 Å². The van der Waals surface area contributed by atoms with Crippen LogP contribution >= 0.6 is 15.6 Å². The molecule has 0 unspecified atom stereocenters. The summed E-state index contributed by atoms with van der Waals surface area (Å²) in [7, 11) is -10.7. The maximum absolute atomic E-state index is 9.55. The molecule has 0 atom stereocenters. The van der Waals surface area contributed by atoms with Crippen molar-refractivity contribution >= 4 is 15.6 Å². The summed E-state index contributed by atoms with van der Waals surface area (Å²) in [5.41, 5.74) is 0. The van der Waals surface area contributed by atoms with E-state index in [1.807, 2.05) is 9.80 Å². The summed E-state index contributed by atoms with van der Waals surface area (Å²) >= 11 is 0. The summed E-state index contributed by atoms with van der Waals surface area (Å²) in [6.07, 6.45) is 16.5. The fourth-order valence-electron chi connectivity index (χ4n) is 4.11. The Balaban J connectivity index is -0.000000236. The summed E-state index contributed by atoms with van der Waals surface area (Å²) in [6.45, 7) is 32.3. The molecule has 0 fully saturated rings. The van der Waals surface area contributed by atoms with Crippen LogP contribution in [0.1, 0.15) is 139 Å². The van der Waals surface area contributed by atoms with E-state index in [2.05, 4.69) is 71.5 Å². The molecule has 0 aliphatic rings. The van der Waals surface area contributed by atoms with Crippen LogP contribution in [0.15, 0.2) is 0 Å². The zero-order valence-electron chi connectivity index (χ0n) is 29.1. The van der Waals surface area contributed by atoms with Crippen molar-refractivity contribution in [3.05, 3.63) is 0 Å². The lowest BCUT2D eigenvalue weighted by Gasteiger charge is -2.27. The molecule has 0 aromatic heterocycles. The molecule has 10 nitrogen and oxygen atoms in total. The molecule has 0 heterocycles. The molecular weight excluding hydrogens is 576 g/mol. The molecule has 0 aliphatic carbocycles. The zero-order valence-corrected chi connectivity index (χ0v) is 30.9. The van der Waals surface area contributed by atoms with Crippen LogP contribution in [-0.2, 0) is 13.4 Å². The lowest BCUT2D eigenvalue weighted by Crippen LogP contribution is -3.12. The first kappa shape index (κ1) is 49.0. The van der Waals surface area contributed by atoms with Gasteiger partial charge in [-0.05, 0) is 58.2 Å². The molecule has 0 aliphatic heterocycles. The Hall–Kier alpha value is 0.140. The number of phosphoric acid groups is 2. The van der Waals surface area contributed by atoms with Gasteiger partial charge in [-0.3, -0.25) is 4.31 Å². The summed E-state index contributed by atoms with van der Waals surface area (Å²) < 4.78 is 21.7. The molecule has 260 valence electrons. The Bertz CT molecular complexity index is 516. The Kier molecular flexibility index (Phi) is 41.6. The van der Waals surface area contributed by atoms with Gasteiger partial charge in [-0.25, -0.2) is 4.57 Å². The van der Waals surface area contributed by atoms with Crippen LogP contribution in [0.4, 0.5) is 0 Å². The predicted octanol–water partition coefficient (Wildman–Crippen LogP) is 3.82. The summed E-state index contributed by atoms with van der Waals surface area (Å²) in [5.74, 6) is 0. The normalized spacial score (nSPS) is 11.5. The fourth-order valence-corrected chi connectivity index (χ4v) is 5.15. The average Bonchev–Trinajstić information content (AvgIpc) is 2.92. The van der Waals surface area contributed by atoms with E-state index >= 15 is 0 Å². The van der Waals surface area contributed by atoms with E-state index in [1.54, 1.807) is 0 Å². The molecule has 0 spiro atoms. The van der Waals surface area contributed by atoms with Gasteiger partial charge in [0.15, 0.2) is 0 Å². The first-order valence-electron chi connectivity index (χ1n) is 16.9. The molecule has 0 saturated heterocycles. The lowest BCUT2D eigenvalue weighted by atomic mass is 10.2. The SMILES string of the molecule is CCCC[NH+](CCCC)CCCC.CCCC[NH+](CCCC)CCCC.CCN(CC)CC.O=P([O-])([O-])OP(=O)(O)O. The third kappa shape index (κ3) is 47.1. The maximum Gasteiger partial charge on any atom is 0.473 e. The minimum absolute atomic E-state index is 1.19. The van der Waals surface area contributed by atoms with Crippen molar-refractivity contribution in [1.29, 1.82) is 0 Å². The lowest BCUT2D eigenvalue weighted by molar-refractivity contribution is -0.900. The quantitative estimate of drug-likeness (QED) is 0.123. The second kappa shape index (κ2) is 35.6. The van der Waals surface area contributed by atoms with Crippen LogP contribution in [0.3, 0.4) is 0 Å². The van der Waals surface area contributed by atoms with Gasteiger partial charge in [-0.2, -0.15) is 0 Å². The van der Waals surface area contributed by atoms with Crippen molar-refractivity contribution in [3.8, 4) is 0 Å². The monoisotopic (exact) mass is 649 g/mol. The number of hydrogen-bond acceptors (Lipinski definition) is 6. The van der Waals surface area contributed by atoms with E-state index in [0.29, 0.717) is 0 Å². The van der Waals surface area contributed by atoms with Gasteiger partial charge in [-0.15, -0.1) is 0 Å². The van der Waals surface area contributed by atoms with Crippen LogP contribution < -0.4 is 19.6 Å². The van der Waals surface area contributed by atoms with Crippen LogP contribution in [0, 0.1) is 0 Å². The average molecular weight is 650 g/mol. The summed E-state index contributed by atoms with van der Waals surface area (Å²) in [5, 5.41) is 0. The van der Waals surface area contributed by atoms with Gasteiger partial charge >= 0.3 is 7.82 Å². The standard InChI is InChI=1S/2C12H27N.C6H15N.H4O7P2/c2*1-4-7-10-13(11-8-5-2)12-9-6-3;1-4-7(5-2)6-3;1-8(2,3)7-9(4,5)6/h2*4-12H2,1-3H3;4-6H2,1-3H3;(H2,1,2,3)(H2,4,5,6). The summed E-state index contributed by atoms with van der Waals surface area (Å²) in [6, 6.07) is 0. The molecule has 0 amide bonds. The van der Waals surface area contributed by atoms with E-state index in [9.17, 15) is 18.9 Å². The molecular formula is C30H73N3O7P2. The highest BCUT2D eigenvalue weighted by atomic mass is 31.3. The third-order valence-electron chi connectivity index (χ3n) is 6.85. The van der Waals surface area contributed by atoms with Gasteiger partial charge in [0.05, 0.1) is 47.1 Å². The number of nitrogens with one attached hydrogen (secondary N) is 2. The summed E-state index contributed by atoms with van der Waals surface area (Å²) in [4.78, 5) is 40.2. The van der Waals surface area contributed by atoms with Gasteiger partial charge in [0.2, 0.25) is 0 Å². The first-order valence-corrected chi connectivity index (χ1v) is 19.9. The highest BCUT2D eigenvalue weighted by Crippen LogP contribution is 2.49. The van der Waals surface area contributed by atoms with Crippen molar-refractivity contribution in [2.45, 2.75) is 139 Å². The van der Waals surface area contributed by atoms with Crippen LogP contribution in [0.2, 0.25) is 0 Å². The van der Waals surface area contributed by atoms with E-state index < -0.39 is 15.6 Å². The topological polar surface area (TPSA) is 142 Å². The number of hydrogen-bond donors (Lipinski definition) is 4. The van der Waals surface area contributed by atoms with E-state index in [-0.39, 0.29) is 0 Å². The molecule has 0 aromatic carbocycles. The maximum atomic E-state index is 9.55. The van der Waals surface area contributed by atoms with Gasteiger partial charge in [0.25, 0.3) is 0 Å². The third-order valence-corrected chi connectivity index (χ3v) is 8.50. The number of quaternary nitrogens is 2. The molecule has 4 N–H and O–H groups in total.